The second-order valence-electron chi connectivity index (χ2n) is 4.02. The smallest absolute Gasteiger partial charge is 0.255 e. The number of halogens is 2. The molecule has 21 heavy (non-hydrogen) atoms. The Kier molecular flexibility index (Phi) is 3.62. The lowest BCUT2D eigenvalue weighted by atomic mass is 10.2. The zero-order valence-corrected chi connectivity index (χ0v) is 12.6. The monoisotopic (exact) mass is 339 g/mol. The summed E-state index contributed by atoms with van der Waals surface area (Å²) in [5, 5.41) is 3.19. The van der Waals surface area contributed by atoms with Crippen LogP contribution in [0.2, 0.25) is 10.3 Å². The van der Waals surface area contributed by atoms with Crippen molar-refractivity contribution in [3.8, 4) is 0 Å². The molecule has 0 saturated heterocycles. The molecule has 9 heteroatoms. The Bertz CT molecular complexity index is 831. The standard InChI is InChI=1S/C12H7Cl2N5OS/c13-9-8(10(14)17-4-16-9)19-11(20)5-1-2-6-7(3-5)21-12(15)18-6/h1-4H,(H2,15,18)(H,19,20). The number of rotatable bonds is 2. The molecule has 3 aromatic rings. The van der Waals surface area contributed by atoms with Gasteiger partial charge in [0, 0.05) is 5.56 Å². The van der Waals surface area contributed by atoms with Crippen LogP contribution in [0.4, 0.5) is 10.8 Å². The average Bonchev–Trinajstić information content (AvgIpc) is 2.81. The number of hydrogen-bond donors (Lipinski definition) is 2. The van der Waals surface area contributed by atoms with E-state index >= 15 is 0 Å². The molecule has 0 radical (unpaired) electrons. The number of aromatic nitrogens is 3. The van der Waals surface area contributed by atoms with Crippen molar-refractivity contribution in [2.75, 3.05) is 11.1 Å². The molecule has 0 unspecified atom stereocenters. The van der Waals surface area contributed by atoms with Crippen LogP contribution in [0.25, 0.3) is 10.2 Å². The minimum absolute atomic E-state index is 0.0754. The Labute approximate surface area is 132 Å². The molecule has 6 nitrogen and oxygen atoms in total. The van der Waals surface area contributed by atoms with E-state index in [0.717, 1.165) is 10.2 Å². The van der Waals surface area contributed by atoms with Gasteiger partial charge in [-0.05, 0) is 18.2 Å². The Morgan fingerprint density at radius 2 is 1.95 bits per heavy atom. The number of thiazole rings is 1. The minimum atomic E-state index is -0.373. The van der Waals surface area contributed by atoms with E-state index in [0.29, 0.717) is 10.7 Å². The van der Waals surface area contributed by atoms with Crippen LogP contribution in [0.3, 0.4) is 0 Å². The van der Waals surface area contributed by atoms with Crippen molar-refractivity contribution in [2.45, 2.75) is 0 Å². The van der Waals surface area contributed by atoms with Gasteiger partial charge in [-0.25, -0.2) is 15.0 Å². The maximum absolute atomic E-state index is 12.2. The average molecular weight is 340 g/mol. The number of nitrogens with zero attached hydrogens (tertiary/aromatic N) is 3. The first-order valence-electron chi connectivity index (χ1n) is 5.68. The van der Waals surface area contributed by atoms with Gasteiger partial charge in [0.05, 0.1) is 10.2 Å². The second-order valence-corrected chi connectivity index (χ2v) is 5.80. The lowest BCUT2D eigenvalue weighted by Gasteiger charge is -2.07. The van der Waals surface area contributed by atoms with E-state index in [2.05, 4.69) is 20.3 Å². The van der Waals surface area contributed by atoms with Crippen LogP contribution in [-0.2, 0) is 0 Å². The van der Waals surface area contributed by atoms with E-state index in [9.17, 15) is 4.79 Å². The Morgan fingerprint density at radius 1 is 1.24 bits per heavy atom. The number of hydrogen-bond acceptors (Lipinski definition) is 6. The van der Waals surface area contributed by atoms with Crippen LogP contribution in [0.15, 0.2) is 24.5 Å². The van der Waals surface area contributed by atoms with Crippen molar-refractivity contribution < 1.29 is 4.79 Å². The van der Waals surface area contributed by atoms with Gasteiger partial charge in [0.1, 0.15) is 12.0 Å². The zero-order chi connectivity index (χ0) is 15.0. The Hall–Kier alpha value is -1.96. The van der Waals surface area contributed by atoms with Gasteiger partial charge in [0.15, 0.2) is 15.4 Å². The van der Waals surface area contributed by atoms with Crippen LogP contribution in [0.5, 0.6) is 0 Å². The molecule has 1 amide bonds. The lowest BCUT2D eigenvalue weighted by molar-refractivity contribution is 0.102. The largest absolute Gasteiger partial charge is 0.375 e. The number of carbonyl (C=O) groups excluding carboxylic acids is 1. The molecule has 1 aromatic carbocycles. The van der Waals surface area contributed by atoms with E-state index in [1.54, 1.807) is 18.2 Å². The van der Waals surface area contributed by atoms with E-state index in [1.165, 1.54) is 17.7 Å². The first-order valence-corrected chi connectivity index (χ1v) is 7.25. The van der Waals surface area contributed by atoms with Crippen LogP contribution < -0.4 is 11.1 Å². The van der Waals surface area contributed by atoms with Crippen LogP contribution in [0, 0.1) is 0 Å². The molecular formula is C12H7Cl2N5OS. The molecule has 0 fully saturated rings. The maximum Gasteiger partial charge on any atom is 0.255 e. The van der Waals surface area contributed by atoms with Crippen molar-refractivity contribution in [3.63, 3.8) is 0 Å². The second kappa shape index (κ2) is 5.44. The predicted octanol–water partition coefficient (Wildman–Crippen LogP) is 3.23. The van der Waals surface area contributed by atoms with E-state index in [4.69, 9.17) is 28.9 Å². The molecule has 0 aliphatic carbocycles. The molecule has 2 heterocycles. The summed E-state index contributed by atoms with van der Waals surface area (Å²) >= 11 is 13.1. The molecule has 0 spiro atoms. The maximum atomic E-state index is 12.2. The van der Waals surface area contributed by atoms with Gasteiger partial charge in [-0.15, -0.1) is 0 Å². The normalized spacial score (nSPS) is 10.8. The summed E-state index contributed by atoms with van der Waals surface area (Å²) in [6, 6.07) is 5.06. The fraction of sp³-hybridized carbons (Fsp3) is 0. The third-order valence-corrected chi connectivity index (χ3v) is 4.08. The number of amides is 1. The summed E-state index contributed by atoms with van der Waals surface area (Å²) in [6.45, 7) is 0. The zero-order valence-electron chi connectivity index (χ0n) is 10.3. The van der Waals surface area contributed by atoms with E-state index in [1.807, 2.05) is 0 Å². The van der Waals surface area contributed by atoms with E-state index < -0.39 is 0 Å². The molecular weight excluding hydrogens is 333 g/mol. The quantitative estimate of drug-likeness (QED) is 0.699. The van der Waals surface area contributed by atoms with Crippen molar-refractivity contribution >= 4 is 61.5 Å². The lowest BCUT2D eigenvalue weighted by Crippen LogP contribution is -2.13. The summed E-state index contributed by atoms with van der Waals surface area (Å²) < 4.78 is 0.821. The first kappa shape index (κ1) is 14.0. The highest BCUT2D eigenvalue weighted by molar-refractivity contribution is 7.22. The molecule has 0 bridgehead atoms. The summed E-state index contributed by atoms with van der Waals surface area (Å²) in [5.74, 6) is -0.373. The molecule has 3 N–H and O–H groups in total. The summed E-state index contributed by atoms with van der Waals surface area (Å²) in [5.41, 5.74) is 6.99. The number of fused-ring (bicyclic) bond motifs is 1. The topological polar surface area (TPSA) is 93.8 Å². The predicted molar refractivity (Wildman–Crippen MR) is 84.0 cm³/mol. The number of nitrogens with two attached hydrogens (primary N) is 1. The molecule has 3 rings (SSSR count). The third kappa shape index (κ3) is 2.76. The molecule has 0 atom stereocenters. The van der Waals surface area contributed by atoms with Gasteiger partial charge < -0.3 is 11.1 Å². The minimum Gasteiger partial charge on any atom is -0.375 e. The van der Waals surface area contributed by atoms with Crippen LogP contribution in [-0.4, -0.2) is 20.9 Å². The third-order valence-electron chi connectivity index (χ3n) is 2.66. The summed E-state index contributed by atoms with van der Waals surface area (Å²) in [4.78, 5) is 23.9. The van der Waals surface area contributed by atoms with Gasteiger partial charge in [0.25, 0.3) is 5.91 Å². The van der Waals surface area contributed by atoms with Gasteiger partial charge >= 0.3 is 0 Å². The van der Waals surface area contributed by atoms with Crippen molar-refractivity contribution in [1.29, 1.82) is 0 Å². The highest BCUT2D eigenvalue weighted by atomic mass is 35.5. The number of anilines is 2. The Morgan fingerprint density at radius 3 is 2.67 bits per heavy atom. The summed E-state index contributed by atoms with van der Waals surface area (Å²) in [7, 11) is 0. The van der Waals surface area contributed by atoms with Crippen LogP contribution >= 0.6 is 34.5 Å². The number of nitrogens with one attached hydrogen (secondary N) is 1. The van der Waals surface area contributed by atoms with Gasteiger partial charge in [0.2, 0.25) is 0 Å². The molecule has 0 aliphatic rings. The molecule has 0 aliphatic heterocycles. The molecule has 0 saturated carbocycles. The van der Waals surface area contributed by atoms with Crippen molar-refractivity contribution in [1.82, 2.24) is 15.0 Å². The van der Waals surface area contributed by atoms with Gasteiger partial charge in [-0.3, -0.25) is 4.79 Å². The fourth-order valence-corrected chi connectivity index (χ4v) is 2.90. The van der Waals surface area contributed by atoms with Crippen molar-refractivity contribution in [3.05, 3.63) is 40.4 Å². The molecule has 106 valence electrons. The fourth-order valence-electron chi connectivity index (χ4n) is 1.72. The van der Waals surface area contributed by atoms with Gasteiger partial charge in [-0.2, -0.15) is 0 Å². The highest BCUT2D eigenvalue weighted by Gasteiger charge is 2.14. The Balaban J connectivity index is 1.93. The summed E-state index contributed by atoms with van der Waals surface area (Å²) in [6.07, 6.45) is 1.21. The van der Waals surface area contributed by atoms with Gasteiger partial charge in [-0.1, -0.05) is 34.5 Å². The SMILES string of the molecule is Nc1nc2ccc(C(=O)Nc3c(Cl)ncnc3Cl)cc2s1. The van der Waals surface area contributed by atoms with Crippen molar-refractivity contribution in [2.24, 2.45) is 0 Å². The number of benzene rings is 1. The number of nitrogen functional groups attached to an aromatic ring is 1. The molecule has 2 aromatic heterocycles. The highest BCUT2D eigenvalue weighted by Crippen LogP contribution is 2.28. The van der Waals surface area contributed by atoms with E-state index in [-0.39, 0.29) is 21.9 Å². The first-order chi connectivity index (χ1) is 10.0. The van der Waals surface area contributed by atoms with Crippen LogP contribution in [0.1, 0.15) is 10.4 Å². The number of carbonyl (C=O) groups is 1.